The molecule has 0 radical (unpaired) electrons. The van der Waals surface area contributed by atoms with Gasteiger partial charge in [0.05, 0.1) is 18.0 Å². The lowest BCUT2D eigenvalue weighted by atomic mass is 10.1. The third-order valence-electron chi connectivity index (χ3n) is 3.99. The summed E-state index contributed by atoms with van der Waals surface area (Å²) in [4.78, 5) is 29.7. The first-order valence-corrected chi connectivity index (χ1v) is 8.05. The number of benzene rings is 2. The number of aryl methyl sites for hydroxylation is 1. The van der Waals surface area contributed by atoms with Gasteiger partial charge in [-0.1, -0.05) is 49.4 Å². The lowest BCUT2D eigenvalue weighted by Gasteiger charge is -2.21. The number of carbonyl (C=O) groups is 1. The molecule has 6 nitrogen and oxygen atoms in total. The molecule has 6 heteroatoms. The van der Waals surface area contributed by atoms with Crippen LogP contribution in [0.2, 0.25) is 0 Å². The maximum Gasteiger partial charge on any atom is 0.334 e. The lowest BCUT2D eigenvalue weighted by Crippen LogP contribution is -2.38. The van der Waals surface area contributed by atoms with E-state index in [1.165, 1.54) is 11.8 Å². The second-order valence-corrected chi connectivity index (χ2v) is 5.54. The molecule has 128 valence electrons. The smallest absolute Gasteiger partial charge is 0.334 e. The summed E-state index contributed by atoms with van der Waals surface area (Å²) < 4.78 is 6.25. The van der Waals surface area contributed by atoms with Crippen LogP contribution in [-0.2, 0) is 16.0 Å². The van der Waals surface area contributed by atoms with Crippen molar-refractivity contribution in [1.82, 2.24) is 9.66 Å². The zero-order valence-electron chi connectivity index (χ0n) is 14.1. The highest BCUT2D eigenvalue weighted by Crippen LogP contribution is 2.16. The van der Waals surface area contributed by atoms with Crippen molar-refractivity contribution in [1.29, 1.82) is 0 Å². The Morgan fingerprint density at radius 2 is 1.84 bits per heavy atom. The van der Waals surface area contributed by atoms with Crippen LogP contribution in [0, 0.1) is 0 Å². The summed E-state index contributed by atoms with van der Waals surface area (Å²) in [6, 6.07) is 15.5. The van der Waals surface area contributed by atoms with Crippen molar-refractivity contribution in [2.24, 2.45) is 0 Å². The van der Waals surface area contributed by atoms with E-state index in [1.54, 1.807) is 30.3 Å². The molecular weight excluding hydrogens is 318 g/mol. The number of nitrogens with one attached hydrogen (secondary N) is 1. The quantitative estimate of drug-likeness (QED) is 0.724. The summed E-state index contributed by atoms with van der Waals surface area (Å²) >= 11 is 0. The summed E-state index contributed by atoms with van der Waals surface area (Å²) in [6.07, 6.45) is 0.537. The van der Waals surface area contributed by atoms with Gasteiger partial charge in [0.25, 0.3) is 5.56 Å². The Kier molecular flexibility index (Phi) is 4.79. The monoisotopic (exact) mass is 337 g/mol. The van der Waals surface area contributed by atoms with Crippen molar-refractivity contribution in [3.8, 4) is 0 Å². The molecule has 0 bridgehead atoms. The van der Waals surface area contributed by atoms with Crippen LogP contribution in [-0.4, -0.2) is 22.7 Å². The zero-order chi connectivity index (χ0) is 17.8. The number of methoxy groups -OCH3 is 1. The van der Waals surface area contributed by atoms with Crippen molar-refractivity contribution in [2.45, 2.75) is 19.4 Å². The van der Waals surface area contributed by atoms with Gasteiger partial charge in [-0.05, 0) is 17.7 Å². The Hall–Kier alpha value is -3.15. The largest absolute Gasteiger partial charge is 0.467 e. The van der Waals surface area contributed by atoms with Crippen LogP contribution >= 0.6 is 0 Å². The number of aromatic nitrogens is 2. The fourth-order valence-corrected chi connectivity index (χ4v) is 2.70. The molecule has 0 aliphatic rings. The van der Waals surface area contributed by atoms with E-state index >= 15 is 0 Å². The second kappa shape index (κ2) is 7.17. The number of rotatable bonds is 5. The maximum absolute atomic E-state index is 12.9. The summed E-state index contributed by atoms with van der Waals surface area (Å²) in [5.74, 6) is 0.0712. The molecule has 0 saturated heterocycles. The molecule has 2 aromatic carbocycles. The average Bonchev–Trinajstić information content (AvgIpc) is 2.67. The molecule has 1 heterocycles. The first kappa shape index (κ1) is 16.7. The Morgan fingerprint density at radius 1 is 1.16 bits per heavy atom. The van der Waals surface area contributed by atoms with Crippen LogP contribution in [0.5, 0.6) is 0 Å². The van der Waals surface area contributed by atoms with Gasteiger partial charge >= 0.3 is 5.97 Å². The first-order chi connectivity index (χ1) is 12.2. The van der Waals surface area contributed by atoms with Crippen LogP contribution in [0.4, 0.5) is 0 Å². The van der Waals surface area contributed by atoms with Crippen molar-refractivity contribution >= 4 is 16.9 Å². The number of para-hydroxylation sites is 1. The Labute approximate surface area is 145 Å². The van der Waals surface area contributed by atoms with Crippen LogP contribution in [0.3, 0.4) is 0 Å². The minimum atomic E-state index is -0.808. The Balaban J connectivity index is 2.12. The van der Waals surface area contributed by atoms with E-state index in [1.807, 2.05) is 31.2 Å². The fraction of sp³-hybridized carbons (Fsp3) is 0.211. The minimum Gasteiger partial charge on any atom is -0.467 e. The van der Waals surface area contributed by atoms with E-state index in [2.05, 4.69) is 10.4 Å². The number of carbonyl (C=O) groups excluding carboxylic acids is 1. The molecule has 25 heavy (non-hydrogen) atoms. The molecule has 1 N–H and O–H groups in total. The summed E-state index contributed by atoms with van der Waals surface area (Å²) in [6.45, 7) is 1.91. The van der Waals surface area contributed by atoms with Gasteiger partial charge in [-0.3, -0.25) is 4.79 Å². The van der Waals surface area contributed by atoms with Gasteiger partial charge in [-0.25, -0.2) is 14.5 Å². The number of hydrogen-bond donors (Lipinski definition) is 1. The van der Waals surface area contributed by atoms with E-state index in [-0.39, 0.29) is 5.56 Å². The van der Waals surface area contributed by atoms with Crippen molar-refractivity contribution in [3.05, 3.63) is 76.3 Å². The van der Waals surface area contributed by atoms with Crippen molar-refractivity contribution in [3.63, 3.8) is 0 Å². The van der Waals surface area contributed by atoms with Gasteiger partial charge in [0, 0.05) is 6.42 Å². The first-order valence-electron chi connectivity index (χ1n) is 8.05. The van der Waals surface area contributed by atoms with E-state index in [9.17, 15) is 9.59 Å². The van der Waals surface area contributed by atoms with Crippen LogP contribution in [0.15, 0.2) is 59.4 Å². The molecule has 3 rings (SSSR count). The minimum absolute atomic E-state index is 0.243. The van der Waals surface area contributed by atoms with Crippen molar-refractivity contribution < 1.29 is 9.53 Å². The number of hydrogen-bond acceptors (Lipinski definition) is 5. The second-order valence-electron chi connectivity index (χ2n) is 5.54. The fourth-order valence-electron chi connectivity index (χ4n) is 2.70. The van der Waals surface area contributed by atoms with Gasteiger partial charge in [0.2, 0.25) is 0 Å². The normalized spacial score (nSPS) is 11.9. The molecule has 0 spiro atoms. The summed E-state index contributed by atoms with van der Waals surface area (Å²) in [5, 5.41) is 0.490. The molecule has 0 amide bonds. The molecular formula is C19H19N3O3. The van der Waals surface area contributed by atoms with Crippen molar-refractivity contribution in [2.75, 3.05) is 12.5 Å². The van der Waals surface area contributed by atoms with E-state index < -0.39 is 12.0 Å². The van der Waals surface area contributed by atoms with Gasteiger partial charge in [-0.2, -0.15) is 0 Å². The van der Waals surface area contributed by atoms with Gasteiger partial charge in [-0.15, -0.1) is 0 Å². The highest BCUT2D eigenvalue weighted by Gasteiger charge is 2.23. The molecule has 3 aromatic rings. The standard InChI is InChI=1S/C19H19N3O3/c1-3-16-20-15-12-8-7-11-14(15)18(23)22(16)21-17(19(24)25-2)13-9-5-4-6-10-13/h4-12,17,21H,3H2,1-2H3. The molecule has 1 atom stereocenters. The van der Waals surface area contributed by atoms with E-state index in [0.29, 0.717) is 28.7 Å². The predicted octanol–water partition coefficient (Wildman–Crippen LogP) is 2.42. The van der Waals surface area contributed by atoms with Crippen LogP contribution in [0.1, 0.15) is 24.4 Å². The van der Waals surface area contributed by atoms with Crippen LogP contribution < -0.4 is 11.0 Å². The third kappa shape index (κ3) is 3.24. The number of ether oxygens (including phenoxy) is 1. The Bertz CT molecular complexity index is 951. The summed E-state index contributed by atoms with van der Waals surface area (Å²) in [7, 11) is 1.32. The Morgan fingerprint density at radius 3 is 2.52 bits per heavy atom. The van der Waals surface area contributed by atoms with Crippen LogP contribution in [0.25, 0.3) is 10.9 Å². The zero-order valence-corrected chi connectivity index (χ0v) is 14.1. The van der Waals surface area contributed by atoms with Gasteiger partial charge in [0.15, 0.2) is 6.04 Å². The lowest BCUT2D eigenvalue weighted by molar-refractivity contribution is -0.142. The molecule has 0 aliphatic heterocycles. The molecule has 0 fully saturated rings. The highest BCUT2D eigenvalue weighted by molar-refractivity contribution is 5.80. The van der Waals surface area contributed by atoms with Gasteiger partial charge in [0.1, 0.15) is 5.82 Å². The maximum atomic E-state index is 12.9. The third-order valence-corrected chi connectivity index (χ3v) is 3.99. The SMILES string of the molecule is CCc1nc2ccccc2c(=O)n1NC(C(=O)OC)c1ccccc1. The summed E-state index contributed by atoms with van der Waals surface area (Å²) in [5.41, 5.74) is 4.09. The van der Waals surface area contributed by atoms with Gasteiger partial charge < -0.3 is 10.2 Å². The number of esters is 1. The van der Waals surface area contributed by atoms with E-state index in [4.69, 9.17) is 4.74 Å². The molecule has 1 aromatic heterocycles. The predicted molar refractivity (Wildman–Crippen MR) is 95.9 cm³/mol. The number of fused-ring (bicyclic) bond motifs is 1. The topological polar surface area (TPSA) is 73.2 Å². The average molecular weight is 337 g/mol. The molecule has 1 unspecified atom stereocenters. The molecule has 0 aliphatic carbocycles. The molecule has 0 saturated carbocycles. The number of nitrogens with zero attached hydrogens (tertiary/aromatic N) is 2. The highest BCUT2D eigenvalue weighted by atomic mass is 16.5. The van der Waals surface area contributed by atoms with E-state index in [0.717, 1.165) is 0 Å².